The molecule has 94 valence electrons. The number of benzene rings is 1. The fourth-order valence-electron chi connectivity index (χ4n) is 2.31. The van der Waals surface area contributed by atoms with E-state index < -0.39 is 0 Å². The highest BCUT2D eigenvalue weighted by Gasteiger charge is 2.17. The molecule has 3 rings (SSSR count). The third-order valence-corrected chi connectivity index (χ3v) is 3.39. The molecule has 2 nitrogen and oxygen atoms in total. The number of alkyl halides is 1. The van der Waals surface area contributed by atoms with E-state index in [1.807, 2.05) is 65.2 Å². The molecule has 0 amide bonds. The molecular formula is C16H12ClNO. The van der Waals surface area contributed by atoms with Crippen molar-refractivity contribution in [3.8, 4) is 11.1 Å². The van der Waals surface area contributed by atoms with Crippen LogP contribution in [0, 0.1) is 0 Å². The van der Waals surface area contributed by atoms with Gasteiger partial charge in [0.15, 0.2) is 5.78 Å². The number of nitrogens with zero attached hydrogens (tertiary/aromatic N) is 1. The first-order chi connectivity index (χ1) is 9.31. The molecule has 0 bridgehead atoms. The van der Waals surface area contributed by atoms with Crippen molar-refractivity contribution in [2.45, 2.75) is 0 Å². The predicted octanol–water partition coefficient (Wildman–Crippen LogP) is 4.03. The zero-order valence-corrected chi connectivity index (χ0v) is 11.0. The van der Waals surface area contributed by atoms with Crippen LogP contribution in [0.15, 0.2) is 60.8 Å². The molecular weight excluding hydrogens is 258 g/mol. The molecule has 2 aromatic heterocycles. The second-order valence-corrected chi connectivity index (χ2v) is 4.59. The summed E-state index contributed by atoms with van der Waals surface area (Å²) in [5.74, 6) is -0.0763. The maximum absolute atomic E-state index is 12.1. The van der Waals surface area contributed by atoms with Crippen LogP contribution in [0.3, 0.4) is 0 Å². The largest absolute Gasteiger partial charge is 0.313 e. The number of pyridine rings is 1. The van der Waals surface area contributed by atoms with E-state index in [1.54, 1.807) is 0 Å². The van der Waals surface area contributed by atoms with Crippen molar-refractivity contribution in [3.05, 3.63) is 66.5 Å². The number of hydrogen-bond acceptors (Lipinski definition) is 1. The molecule has 0 spiro atoms. The number of rotatable bonds is 3. The van der Waals surface area contributed by atoms with E-state index in [2.05, 4.69) is 0 Å². The summed E-state index contributed by atoms with van der Waals surface area (Å²) in [4.78, 5) is 12.1. The van der Waals surface area contributed by atoms with Crippen LogP contribution in [0.25, 0.3) is 16.6 Å². The Morgan fingerprint density at radius 3 is 2.53 bits per heavy atom. The maximum Gasteiger partial charge on any atom is 0.194 e. The van der Waals surface area contributed by atoms with Crippen LogP contribution < -0.4 is 0 Å². The van der Waals surface area contributed by atoms with Crippen LogP contribution in [-0.2, 0) is 0 Å². The van der Waals surface area contributed by atoms with Gasteiger partial charge in [-0.2, -0.15) is 0 Å². The SMILES string of the molecule is O=C(CCl)c1c(-c2ccccc2)cc2ccccn12. The molecule has 2 heterocycles. The van der Waals surface area contributed by atoms with E-state index in [0.29, 0.717) is 5.69 Å². The second kappa shape index (κ2) is 4.90. The summed E-state index contributed by atoms with van der Waals surface area (Å²) < 4.78 is 1.90. The van der Waals surface area contributed by atoms with Gasteiger partial charge >= 0.3 is 0 Å². The normalized spacial score (nSPS) is 10.8. The van der Waals surface area contributed by atoms with Crippen molar-refractivity contribution in [3.63, 3.8) is 0 Å². The maximum atomic E-state index is 12.1. The summed E-state index contributed by atoms with van der Waals surface area (Å²) in [7, 11) is 0. The second-order valence-electron chi connectivity index (χ2n) is 4.32. The monoisotopic (exact) mass is 269 g/mol. The van der Waals surface area contributed by atoms with Gasteiger partial charge in [-0.15, -0.1) is 11.6 Å². The van der Waals surface area contributed by atoms with E-state index in [4.69, 9.17) is 11.6 Å². The minimum absolute atomic E-state index is 0.0131. The van der Waals surface area contributed by atoms with Crippen molar-refractivity contribution >= 4 is 22.9 Å². The first-order valence-corrected chi connectivity index (χ1v) is 6.59. The Balaban J connectivity index is 2.32. The molecule has 0 aliphatic carbocycles. The summed E-state index contributed by atoms with van der Waals surface area (Å²) in [5.41, 5.74) is 3.60. The molecule has 3 heteroatoms. The summed E-state index contributed by atoms with van der Waals surface area (Å²) in [6.45, 7) is 0. The highest BCUT2D eigenvalue weighted by Crippen LogP contribution is 2.28. The fourth-order valence-corrected chi connectivity index (χ4v) is 2.44. The lowest BCUT2D eigenvalue weighted by molar-refractivity contribution is 0.101. The molecule has 19 heavy (non-hydrogen) atoms. The summed E-state index contributed by atoms with van der Waals surface area (Å²) in [6, 6.07) is 17.8. The average molecular weight is 270 g/mol. The molecule has 0 aliphatic heterocycles. The number of ketones is 1. The molecule has 1 aromatic carbocycles. The minimum atomic E-state index is -0.0632. The molecule has 0 aliphatic rings. The van der Waals surface area contributed by atoms with Gasteiger partial charge in [-0.3, -0.25) is 4.79 Å². The number of carbonyl (C=O) groups excluding carboxylic acids is 1. The zero-order valence-electron chi connectivity index (χ0n) is 10.2. The quantitative estimate of drug-likeness (QED) is 0.520. The fraction of sp³-hybridized carbons (Fsp3) is 0.0625. The third kappa shape index (κ3) is 2.04. The molecule has 0 saturated carbocycles. The van der Waals surface area contributed by atoms with Crippen molar-refractivity contribution < 1.29 is 4.79 Å². The van der Waals surface area contributed by atoms with E-state index in [-0.39, 0.29) is 11.7 Å². The van der Waals surface area contributed by atoms with E-state index in [1.165, 1.54) is 0 Å². The van der Waals surface area contributed by atoms with E-state index in [0.717, 1.165) is 16.6 Å². The number of Topliss-reactive ketones (excluding diaryl/α,β-unsaturated/α-hetero) is 1. The van der Waals surface area contributed by atoms with Gasteiger partial charge in [-0.25, -0.2) is 0 Å². The molecule has 3 aromatic rings. The highest BCUT2D eigenvalue weighted by molar-refractivity contribution is 6.31. The Labute approximate surface area is 116 Å². The highest BCUT2D eigenvalue weighted by atomic mass is 35.5. The van der Waals surface area contributed by atoms with Crippen LogP contribution >= 0.6 is 11.6 Å². The Kier molecular flexibility index (Phi) is 3.10. The van der Waals surface area contributed by atoms with Gasteiger partial charge in [0.1, 0.15) is 0 Å². The molecule has 0 N–H and O–H groups in total. The molecule has 0 saturated heterocycles. The molecule has 0 radical (unpaired) electrons. The number of fused-ring (bicyclic) bond motifs is 1. The first-order valence-electron chi connectivity index (χ1n) is 6.06. The topological polar surface area (TPSA) is 21.5 Å². The van der Waals surface area contributed by atoms with Gasteiger partial charge in [-0.1, -0.05) is 36.4 Å². The number of carbonyl (C=O) groups is 1. The number of hydrogen-bond donors (Lipinski definition) is 0. The molecule has 0 unspecified atom stereocenters. The lowest BCUT2D eigenvalue weighted by Gasteiger charge is -2.04. The van der Waals surface area contributed by atoms with Crippen LogP contribution in [0.5, 0.6) is 0 Å². The van der Waals surface area contributed by atoms with Gasteiger partial charge in [0.25, 0.3) is 0 Å². The smallest absolute Gasteiger partial charge is 0.194 e. The Morgan fingerprint density at radius 2 is 1.79 bits per heavy atom. The lowest BCUT2D eigenvalue weighted by atomic mass is 10.0. The lowest BCUT2D eigenvalue weighted by Crippen LogP contribution is -2.06. The van der Waals surface area contributed by atoms with E-state index >= 15 is 0 Å². The van der Waals surface area contributed by atoms with Gasteiger partial charge in [0, 0.05) is 17.3 Å². The van der Waals surface area contributed by atoms with Crippen LogP contribution in [0.4, 0.5) is 0 Å². The Bertz CT molecular complexity index is 731. The predicted molar refractivity (Wildman–Crippen MR) is 77.9 cm³/mol. The Hall–Kier alpha value is -2.06. The number of halogens is 1. The Morgan fingerprint density at radius 1 is 1.05 bits per heavy atom. The molecule has 0 fully saturated rings. The van der Waals surface area contributed by atoms with Gasteiger partial charge in [0.05, 0.1) is 11.6 Å². The average Bonchev–Trinajstić information content (AvgIpc) is 2.87. The first kappa shape index (κ1) is 12.0. The van der Waals surface area contributed by atoms with Crippen molar-refractivity contribution in [2.24, 2.45) is 0 Å². The van der Waals surface area contributed by atoms with Crippen molar-refractivity contribution in [1.29, 1.82) is 0 Å². The van der Waals surface area contributed by atoms with Gasteiger partial charge in [-0.05, 0) is 23.8 Å². The standard InChI is InChI=1S/C16H12ClNO/c17-11-15(19)16-14(12-6-2-1-3-7-12)10-13-8-4-5-9-18(13)16/h1-10H,11H2. The van der Waals surface area contributed by atoms with Crippen LogP contribution in [0.2, 0.25) is 0 Å². The summed E-state index contributed by atoms with van der Waals surface area (Å²) >= 11 is 5.74. The summed E-state index contributed by atoms with van der Waals surface area (Å²) in [5, 5.41) is 0. The van der Waals surface area contributed by atoms with Gasteiger partial charge < -0.3 is 4.40 Å². The van der Waals surface area contributed by atoms with Gasteiger partial charge in [0.2, 0.25) is 0 Å². The van der Waals surface area contributed by atoms with Crippen molar-refractivity contribution in [2.75, 3.05) is 5.88 Å². The molecule has 0 atom stereocenters. The van der Waals surface area contributed by atoms with Crippen LogP contribution in [-0.4, -0.2) is 16.1 Å². The van der Waals surface area contributed by atoms with Crippen molar-refractivity contribution in [1.82, 2.24) is 4.40 Å². The minimum Gasteiger partial charge on any atom is -0.313 e. The van der Waals surface area contributed by atoms with Crippen LogP contribution in [0.1, 0.15) is 10.5 Å². The van der Waals surface area contributed by atoms with E-state index in [9.17, 15) is 4.79 Å². The number of aromatic nitrogens is 1. The zero-order chi connectivity index (χ0) is 13.2. The summed E-state index contributed by atoms with van der Waals surface area (Å²) in [6.07, 6.45) is 1.89. The third-order valence-electron chi connectivity index (χ3n) is 3.15.